The average Bonchev–Trinajstić information content (AvgIpc) is 2.65. The maximum absolute atomic E-state index is 10.6. The van der Waals surface area contributed by atoms with Gasteiger partial charge in [0, 0.05) is 13.0 Å². The van der Waals surface area contributed by atoms with Crippen molar-refractivity contribution >= 4 is 5.91 Å². The van der Waals surface area contributed by atoms with Crippen LogP contribution in [0.3, 0.4) is 0 Å². The Morgan fingerprint density at radius 2 is 2.56 bits per heavy atom. The van der Waals surface area contributed by atoms with Gasteiger partial charge < -0.3 is 10.1 Å². The summed E-state index contributed by atoms with van der Waals surface area (Å²) in [6, 6.07) is 0. The second-order valence-electron chi connectivity index (χ2n) is 2.11. The quantitative estimate of drug-likeness (QED) is 0.541. The molecule has 1 saturated heterocycles. The Kier molecular flexibility index (Phi) is 2.05. The van der Waals surface area contributed by atoms with E-state index < -0.39 is 0 Å². The highest BCUT2D eigenvalue weighted by Crippen LogP contribution is 2.05. The number of hydrogen-bond donors (Lipinski definition) is 1. The van der Waals surface area contributed by atoms with Crippen molar-refractivity contribution in [3.8, 4) is 0 Å². The molecule has 0 aromatic carbocycles. The Morgan fingerprint density at radius 3 is 3.00 bits per heavy atom. The third kappa shape index (κ3) is 2.46. The predicted octanol–water partition coefficient (Wildman–Crippen LogP) is -0.0886. The van der Waals surface area contributed by atoms with Crippen LogP contribution in [0, 0.1) is 0 Å². The standard InChI is InChI=1S/C6H11NO2/c1-2-6(8)7-3-5-4-9-5/h5H,2-4H2,1H3,(H,7,8)/t5-/m1/s1. The van der Waals surface area contributed by atoms with Crippen molar-refractivity contribution in [3.05, 3.63) is 0 Å². The first-order valence-electron chi connectivity index (χ1n) is 3.21. The highest BCUT2D eigenvalue weighted by atomic mass is 16.6. The summed E-state index contributed by atoms with van der Waals surface area (Å²) in [6.07, 6.45) is 0.868. The van der Waals surface area contributed by atoms with E-state index in [1.807, 2.05) is 6.92 Å². The van der Waals surface area contributed by atoms with Gasteiger partial charge in [-0.2, -0.15) is 0 Å². The molecule has 52 valence electrons. The third-order valence-electron chi connectivity index (χ3n) is 1.25. The average molecular weight is 129 g/mol. The van der Waals surface area contributed by atoms with Gasteiger partial charge in [-0.25, -0.2) is 0 Å². The Labute approximate surface area is 54.4 Å². The number of epoxide rings is 1. The van der Waals surface area contributed by atoms with Gasteiger partial charge in [0.15, 0.2) is 0 Å². The summed E-state index contributed by atoms with van der Waals surface area (Å²) in [6.45, 7) is 3.33. The second-order valence-corrected chi connectivity index (χ2v) is 2.11. The summed E-state index contributed by atoms with van der Waals surface area (Å²) in [5.74, 6) is 0.102. The van der Waals surface area contributed by atoms with Gasteiger partial charge in [0.2, 0.25) is 5.91 Å². The molecule has 1 N–H and O–H groups in total. The molecular formula is C6H11NO2. The summed E-state index contributed by atoms with van der Waals surface area (Å²) in [5, 5.41) is 2.73. The third-order valence-corrected chi connectivity index (χ3v) is 1.25. The Morgan fingerprint density at radius 1 is 1.89 bits per heavy atom. The zero-order valence-corrected chi connectivity index (χ0v) is 5.52. The highest BCUT2D eigenvalue weighted by Gasteiger charge is 2.22. The van der Waals surface area contributed by atoms with Crippen LogP contribution in [0.2, 0.25) is 0 Å². The van der Waals surface area contributed by atoms with Crippen LogP contribution in [0.25, 0.3) is 0 Å². The van der Waals surface area contributed by atoms with Crippen LogP contribution in [0.1, 0.15) is 13.3 Å². The highest BCUT2D eigenvalue weighted by molar-refractivity contribution is 5.75. The van der Waals surface area contributed by atoms with Gasteiger partial charge in [0.25, 0.3) is 0 Å². The molecule has 0 aliphatic carbocycles. The van der Waals surface area contributed by atoms with Crippen LogP contribution < -0.4 is 5.32 Å². The van der Waals surface area contributed by atoms with Crippen molar-refractivity contribution in [3.63, 3.8) is 0 Å². The zero-order valence-electron chi connectivity index (χ0n) is 5.52. The number of carbonyl (C=O) groups is 1. The van der Waals surface area contributed by atoms with Gasteiger partial charge in [-0.15, -0.1) is 0 Å². The fourth-order valence-electron chi connectivity index (χ4n) is 0.539. The minimum Gasteiger partial charge on any atom is -0.371 e. The number of hydrogen-bond acceptors (Lipinski definition) is 2. The lowest BCUT2D eigenvalue weighted by atomic mass is 10.4. The molecule has 3 heteroatoms. The van der Waals surface area contributed by atoms with E-state index in [4.69, 9.17) is 4.74 Å². The maximum Gasteiger partial charge on any atom is 0.219 e. The van der Waals surface area contributed by atoms with Crippen LogP contribution >= 0.6 is 0 Å². The fraction of sp³-hybridized carbons (Fsp3) is 0.833. The van der Waals surface area contributed by atoms with Gasteiger partial charge in [0.1, 0.15) is 0 Å². The summed E-state index contributed by atoms with van der Waals surface area (Å²) < 4.78 is 4.89. The molecule has 0 aromatic heterocycles. The van der Waals surface area contributed by atoms with E-state index in [0.717, 1.165) is 6.61 Å². The topological polar surface area (TPSA) is 41.6 Å². The summed E-state index contributed by atoms with van der Waals surface area (Å²) in [5.41, 5.74) is 0. The zero-order chi connectivity index (χ0) is 6.69. The molecule has 9 heavy (non-hydrogen) atoms. The normalized spacial score (nSPS) is 23.4. The van der Waals surface area contributed by atoms with Crippen LogP contribution in [-0.4, -0.2) is 25.2 Å². The SMILES string of the molecule is CCC(=O)NC[C@@H]1CO1. The second kappa shape index (κ2) is 2.82. The lowest BCUT2D eigenvalue weighted by Crippen LogP contribution is -2.26. The Balaban J connectivity index is 1.96. The molecule has 3 nitrogen and oxygen atoms in total. The van der Waals surface area contributed by atoms with Crippen molar-refractivity contribution in [2.24, 2.45) is 0 Å². The van der Waals surface area contributed by atoms with Crippen molar-refractivity contribution in [2.75, 3.05) is 13.2 Å². The molecule has 1 aliphatic heterocycles. The molecule has 1 atom stereocenters. The van der Waals surface area contributed by atoms with E-state index in [9.17, 15) is 4.79 Å². The minimum atomic E-state index is 0.102. The van der Waals surface area contributed by atoms with Crippen molar-refractivity contribution < 1.29 is 9.53 Å². The van der Waals surface area contributed by atoms with Crippen molar-refractivity contribution in [2.45, 2.75) is 19.4 Å². The summed E-state index contributed by atoms with van der Waals surface area (Å²) in [7, 11) is 0. The van der Waals surface area contributed by atoms with Crippen LogP contribution in [0.5, 0.6) is 0 Å². The first-order chi connectivity index (χ1) is 4.33. The van der Waals surface area contributed by atoms with Crippen LogP contribution in [-0.2, 0) is 9.53 Å². The van der Waals surface area contributed by atoms with Crippen molar-refractivity contribution in [1.82, 2.24) is 5.32 Å². The van der Waals surface area contributed by atoms with Crippen LogP contribution in [0.4, 0.5) is 0 Å². The lowest BCUT2D eigenvalue weighted by molar-refractivity contribution is -0.120. The van der Waals surface area contributed by atoms with Gasteiger partial charge in [-0.1, -0.05) is 6.92 Å². The predicted molar refractivity (Wildman–Crippen MR) is 33.0 cm³/mol. The largest absolute Gasteiger partial charge is 0.371 e. The van der Waals surface area contributed by atoms with Gasteiger partial charge in [0.05, 0.1) is 12.7 Å². The Bertz CT molecular complexity index is 110. The number of nitrogens with one attached hydrogen (secondary N) is 1. The molecule has 0 radical (unpaired) electrons. The smallest absolute Gasteiger partial charge is 0.219 e. The molecule has 0 saturated carbocycles. The maximum atomic E-state index is 10.6. The molecule has 1 rings (SSSR count). The minimum absolute atomic E-state index is 0.102. The van der Waals surface area contributed by atoms with E-state index in [0.29, 0.717) is 19.1 Å². The monoisotopic (exact) mass is 129 g/mol. The van der Waals surface area contributed by atoms with E-state index in [1.165, 1.54) is 0 Å². The molecule has 0 bridgehead atoms. The Hall–Kier alpha value is -0.570. The molecule has 0 unspecified atom stereocenters. The fourth-order valence-corrected chi connectivity index (χ4v) is 0.539. The van der Waals surface area contributed by atoms with Crippen molar-refractivity contribution in [1.29, 1.82) is 0 Å². The van der Waals surface area contributed by atoms with E-state index in [2.05, 4.69) is 5.32 Å². The molecule has 1 aliphatic rings. The molecular weight excluding hydrogens is 118 g/mol. The van der Waals surface area contributed by atoms with E-state index in [-0.39, 0.29) is 5.91 Å². The number of rotatable bonds is 3. The number of amides is 1. The summed E-state index contributed by atoms with van der Waals surface area (Å²) >= 11 is 0. The molecule has 0 spiro atoms. The van der Waals surface area contributed by atoms with Gasteiger partial charge >= 0.3 is 0 Å². The lowest BCUT2D eigenvalue weighted by Gasteiger charge is -1.97. The number of ether oxygens (including phenoxy) is 1. The van der Waals surface area contributed by atoms with E-state index >= 15 is 0 Å². The molecule has 1 fully saturated rings. The van der Waals surface area contributed by atoms with Gasteiger partial charge in [-0.3, -0.25) is 4.79 Å². The molecule has 1 amide bonds. The molecule has 0 aromatic rings. The summed E-state index contributed by atoms with van der Waals surface area (Å²) in [4.78, 5) is 10.6. The number of carbonyl (C=O) groups excluding carboxylic acids is 1. The van der Waals surface area contributed by atoms with Crippen LogP contribution in [0.15, 0.2) is 0 Å². The molecule has 1 heterocycles. The first-order valence-corrected chi connectivity index (χ1v) is 3.21. The van der Waals surface area contributed by atoms with Gasteiger partial charge in [-0.05, 0) is 0 Å². The van der Waals surface area contributed by atoms with E-state index in [1.54, 1.807) is 0 Å². The first kappa shape index (κ1) is 6.55.